The molecule has 6 heteroatoms. The topological polar surface area (TPSA) is 83.1 Å². The number of rotatable bonds is 6. The van der Waals surface area contributed by atoms with Gasteiger partial charge in [0.1, 0.15) is 0 Å². The molecule has 9 rings (SSSR count). The average Bonchev–Trinajstić information content (AvgIpc) is 4.04. The van der Waals surface area contributed by atoms with Crippen LogP contribution in [0.2, 0.25) is 0 Å². The molecule has 2 aliphatic heterocycles. The second-order valence-electron chi connectivity index (χ2n) is 13.0. The van der Waals surface area contributed by atoms with Crippen molar-refractivity contribution in [3.05, 3.63) is 155 Å². The molecule has 8 bridgehead atoms. The van der Waals surface area contributed by atoms with Gasteiger partial charge in [-0.2, -0.15) is 0 Å². The van der Waals surface area contributed by atoms with Crippen LogP contribution < -0.4 is 0 Å². The maximum atomic E-state index is 5.36. The van der Waals surface area contributed by atoms with E-state index in [0.717, 1.165) is 102 Å². The zero-order chi connectivity index (χ0) is 35.0. The lowest BCUT2D eigenvalue weighted by molar-refractivity contribution is 1.14. The first kappa shape index (κ1) is 31.3. The minimum atomic E-state index is 0.840. The van der Waals surface area contributed by atoms with E-state index in [-0.39, 0.29) is 0 Å². The van der Waals surface area contributed by atoms with E-state index in [1.165, 1.54) is 11.1 Å². The average molecular weight is 673 g/mol. The Kier molecular flexibility index (Phi) is 7.97. The number of benzene rings is 2. The van der Waals surface area contributed by atoms with Gasteiger partial charge in [-0.05, 0) is 108 Å². The van der Waals surface area contributed by atoms with E-state index in [9.17, 15) is 0 Å². The lowest BCUT2D eigenvalue weighted by Crippen LogP contribution is -1.91. The third-order valence-electron chi connectivity index (χ3n) is 9.90. The summed E-state index contributed by atoms with van der Waals surface area (Å²) in [6.07, 6.45) is 14.1. The first-order chi connectivity index (χ1) is 25.7. The second kappa shape index (κ2) is 13.2. The molecule has 2 N–H and O–H groups in total. The molecule has 5 aromatic heterocycles. The highest BCUT2D eigenvalue weighted by atomic mass is 14.8. The van der Waals surface area contributed by atoms with Crippen molar-refractivity contribution >= 4 is 46.4 Å². The number of pyridine rings is 2. The Balaban J connectivity index is 1.45. The van der Waals surface area contributed by atoms with Crippen molar-refractivity contribution in [2.24, 2.45) is 0 Å². The summed E-state index contributed by atoms with van der Waals surface area (Å²) in [5.41, 5.74) is 17.5. The quantitative estimate of drug-likeness (QED) is 0.184. The minimum Gasteiger partial charge on any atom is -0.354 e. The standard InChI is InChI=1S/C46H36N6/c1-3-29-11-15-31(16-12-29)43-35-19-23-39(49-35)45(33-9-5-7-27-47-33)41-25-21-37(51-41)44(32-17-13-30(4-2)14-18-32)38-22-26-42(52-38)46(34-10-6-8-28-48-34)40-24-20-36(43)50-40/h5-28,49,52H,3-4H2,1-2H3. The zero-order valence-corrected chi connectivity index (χ0v) is 29.1. The van der Waals surface area contributed by atoms with Crippen LogP contribution in [0.15, 0.2) is 122 Å². The van der Waals surface area contributed by atoms with Crippen LogP contribution in [-0.4, -0.2) is 29.9 Å². The van der Waals surface area contributed by atoms with Gasteiger partial charge in [0, 0.05) is 45.7 Å². The highest BCUT2D eigenvalue weighted by Crippen LogP contribution is 2.37. The van der Waals surface area contributed by atoms with Crippen LogP contribution in [0.3, 0.4) is 0 Å². The highest BCUT2D eigenvalue weighted by molar-refractivity contribution is 5.99. The molecule has 0 saturated carbocycles. The molecule has 2 aromatic carbocycles. The molecular weight excluding hydrogens is 637 g/mol. The monoisotopic (exact) mass is 672 g/mol. The number of aromatic nitrogens is 6. The van der Waals surface area contributed by atoms with Gasteiger partial charge in [-0.15, -0.1) is 0 Å². The molecule has 52 heavy (non-hydrogen) atoms. The van der Waals surface area contributed by atoms with Crippen LogP contribution in [0, 0.1) is 0 Å². The second-order valence-corrected chi connectivity index (χ2v) is 13.0. The summed E-state index contributed by atoms with van der Waals surface area (Å²) in [6, 6.07) is 38.1. The zero-order valence-electron chi connectivity index (χ0n) is 29.1. The van der Waals surface area contributed by atoms with Crippen LogP contribution in [0.4, 0.5) is 0 Å². The fraction of sp³-hybridized carbons (Fsp3) is 0.0870. The van der Waals surface area contributed by atoms with E-state index in [1.807, 2.05) is 48.8 Å². The third-order valence-corrected chi connectivity index (χ3v) is 9.90. The van der Waals surface area contributed by atoms with Crippen molar-refractivity contribution < 1.29 is 0 Å². The SMILES string of the molecule is CCc1ccc(-c2c3nc(c(-c4ccccn4)c4ccc([nH]4)c(-c4ccc(CC)cc4)c4nc(c(-c5ccccn5)c5ccc2[nH]5)C=C4)C=C3)cc1. The number of fused-ring (bicyclic) bond motifs is 8. The van der Waals surface area contributed by atoms with Gasteiger partial charge in [0.2, 0.25) is 0 Å². The van der Waals surface area contributed by atoms with E-state index >= 15 is 0 Å². The van der Waals surface area contributed by atoms with Crippen molar-refractivity contribution in [1.82, 2.24) is 29.9 Å². The van der Waals surface area contributed by atoms with Gasteiger partial charge in [0.15, 0.2) is 0 Å². The van der Waals surface area contributed by atoms with Gasteiger partial charge in [0.25, 0.3) is 0 Å². The number of aryl methyl sites for hydroxylation is 2. The third kappa shape index (κ3) is 5.64. The normalized spacial score (nSPS) is 12.0. The lowest BCUT2D eigenvalue weighted by Gasteiger charge is -2.07. The minimum absolute atomic E-state index is 0.840. The number of H-pyrrole nitrogens is 2. The van der Waals surface area contributed by atoms with E-state index in [1.54, 1.807) is 0 Å². The first-order valence-corrected chi connectivity index (χ1v) is 17.8. The number of hydrogen-bond donors (Lipinski definition) is 2. The molecule has 7 aromatic rings. The molecule has 0 aliphatic carbocycles. The van der Waals surface area contributed by atoms with Gasteiger partial charge in [0.05, 0.1) is 45.2 Å². The number of nitrogens with one attached hydrogen (secondary N) is 2. The van der Waals surface area contributed by atoms with E-state index in [0.29, 0.717) is 0 Å². The Morgan fingerprint density at radius 2 is 0.769 bits per heavy atom. The first-order valence-electron chi connectivity index (χ1n) is 17.8. The summed E-state index contributed by atoms with van der Waals surface area (Å²) >= 11 is 0. The largest absolute Gasteiger partial charge is 0.354 e. The number of aromatic amines is 2. The van der Waals surface area contributed by atoms with Gasteiger partial charge in [-0.3, -0.25) is 9.97 Å². The number of hydrogen-bond acceptors (Lipinski definition) is 4. The maximum absolute atomic E-state index is 5.36. The lowest BCUT2D eigenvalue weighted by atomic mass is 10.0. The highest BCUT2D eigenvalue weighted by Gasteiger charge is 2.19. The fourth-order valence-electron chi connectivity index (χ4n) is 7.19. The molecule has 0 atom stereocenters. The summed E-state index contributed by atoms with van der Waals surface area (Å²) in [4.78, 5) is 27.9. The molecule has 0 radical (unpaired) electrons. The van der Waals surface area contributed by atoms with Crippen molar-refractivity contribution in [3.8, 4) is 44.8 Å². The summed E-state index contributed by atoms with van der Waals surface area (Å²) < 4.78 is 0. The Labute approximate surface area is 302 Å². The van der Waals surface area contributed by atoms with Crippen LogP contribution in [-0.2, 0) is 12.8 Å². The molecule has 0 unspecified atom stereocenters. The predicted molar refractivity (Wildman–Crippen MR) is 215 cm³/mol. The summed E-state index contributed by atoms with van der Waals surface area (Å²) in [6.45, 7) is 4.36. The molecule has 0 saturated heterocycles. The van der Waals surface area contributed by atoms with E-state index < -0.39 is 0 Å². The van der Waals surface area contributed by atoms with Crippen LogP contribution in [0.5, 0.6) is 0 Å². The summed E-state index contributed by atoms with van der Waals surface area (Å²) in [5, 5.41) is 0. The van der Waals surface area contributed by atoms with Crippen LogP contribution in [0.1, 0.15) is 47.8 Å². The predicted octanol–water partition coefficient (Wildman–Crippen LogP) is 11.2. The smallest absolute Gasteiger partial charge is 0.0753 e. The molecule has 0 amide bonds. The Morgan fingerprint density at radius 1 is 0.404 bits per heavy atom. The van der Waals surface area contributed by atoms with Crippen molar-refractivity contribution in [3.63, 3.8) is 0 Å². The van der Waals surface area contributed by atoms with Gasteiger partial charge in [-0.1, -0.05) is 74.5 Å². The van der Waals surface area contributed by atoms with Crippen molar-refractivity contribution in [1.29, 1.82) is 0 Å². The van der Waals surface area contributed by atoms with E-state index in [2.05, 4.69) is 121 Å². The summed E-state index contributed by atoms with van der Waals surface area (Å²) in [7, 11) is 0. The molecule has 6 nitrogen and oxygen atoms in total. The van der Waals surface area contributed by atoms with Crippen LogP contribution >= 0.6 is 0 Å². The van der Waals surface area contributed by atoms with Gasteiger partial charge in [-0.25, -0.2) is 9.97 Å². The van der Waals surface area contributed by atoms with Crippen molar-refractivity contribution in [2.75, 3.05) is 0 Å². The molecule has 0 fully saturated rings. The van der Waals surface area contributed by atoms with Crippen LogP contribution in [0.25, 0.3) is 91.1 Å². The van der Waals surface area contributed by atoms with Gasteiger partial charge < -0.3 is 9.97 Å². The van der Waals surface area contributed by atoms with Gasteiger partial charge >= 0.3 is 0 Å². The Hall–Kier alpha value is -6.66. The molecule has 0 spiro atoms. The number of nitrogens with zero attached hydrogens (tertiary/aromatic N) is 4. The fourth-order valence-corrected chi connectivity index (χ4v) is 7.19. The maximum Gasteiger partial charge on any atom is 0.0753 e. The van der Waals surface area contributed by atoms with Crippen molar-refractivity contribution in [2.45, 2.75) is 26.7 Å². The van der Waals surface area contributed by atoms with E-state index in [4.69, 9.17) is 19.9 Å². The molecule has 250 valence electrons. The molecular formula is C46H36N6. The molecule has 2 aliphatic rings. The summed E-state index contributed by atoms with van der Waals surface area (Å²) in [5.74, 6) is 0. The Morgan fingerprint density at radius 3 is 1.12 bits per heavy atom. The Bertz CT molecular complexity index is 2480. The molecule has 7 heterocycles.